The van der Waals surface area contributed by atoms with Crippen LogP contribution < -0.4 is 0 Å². The van der Waals surface area contributed by atoms with E-state index in [9.17, 15) is 22.0 Å². The largest absolute Gasteiger partial charge is 0.244 e. The van der Waals surface area contributed by atoms with Gasteiger partial charge in [-0.25, -0.2) is 22.0 Å². The van der Waals surface area contributed by atoms with Crippen molar-refractivity contribution in [3.05, 3.63) is 0 Å². The molecule has 4 atom stereocenters. The van der Waals surface area contributed by atoms with Gasteiger partial charge in [0, 0.05) is 5.92 Å². The average molecular weight is 216 g/mol. The maximum Gasteiger partial charge on any atom is 0.168 e. The van der Waals surface area contributed by atoms with Crippen molar-refractivity contribution in [3.63, 3.8) is 0 Å². The third kappa shape index (κ3) is 1.73. The van der Waals surface area contributed by atoms with E-state index in [2.05, 4.69) is 0 Å². The van der Waals surface area contributed by atoms with Crippen molar-refractivity contribution in [1.82, 2.24) is 0 Å². The molecular weight excluding hydrogens is 203 g/mol. The summed E-state index contributed by atoms with van der Waals surface area (Å²) in [4.78, 5) is 0. The Kier molecular flexibility index (Phi) is 3.37. The molecule has 0 N–H and O–H groups in total. The molecule has 1 saturated carbocycles. The molecule has 0 spiro atoms. The molecule has 5 heteroatoms. The van der Waals surface area contributed by atoms with Crippen LogP contribution in [0.25, 0.3) is 0 Å². The number of hydrogen-bond acceptors (Lipinski definition) is 0. The first-order valence-electron chi connectivity index (χ1n) is 4.58. The van der Waals surface area contributed by atoms with Crippen molar-refractivity contribution in [2.45, 2.75) is 44.7 Å². The molecule has 0 saturated heterocycles. The predicted octanol–water partition coefficient (Wildman–Crippen LogP) is 2.96. The predicted molar refractivity (Wildman–Crippen MR) is 42.8 cm³/mol. The van der Waals surface area contributed by atoms with Crippen LogP contribution in [0, 0.1) is 11.8 Å². The van der Waals surface area contributed by atoms with Gasteiger partial charge in [-0.1, -0.05) is 13.8 Å². The topological polar surface area (TPSA) is 0 Å². The van der Waals surface area contributed by atoms with E-state index in [1.807, 2.05) is 0 Å². The summed E-state index contributed by atoms with van der Waals surface area (Å²) in [6.45, 7) is 2.92. The van der Waals surface area contributed by atoms with E-state index < -0.39 is 42.7 Å². The zero-order valence-electron chi connectivity index (χ0n) is 7.93. The van der Waals surface area contributed by atoms with Crippen molar-refractivity contribution in [3.8, 4) is 0 Å². The lowest BCUT2D eigenvalue weighted by atomic mass is 9.76. The fourth-order valence-corrected chi connectivity index (χ4v) is 1.86. The van der Waals surface area contributed by atoms with E-state index in [1.54, 1.807) is 0 Å². The number of hydrogen-bond donors (Lipinski definition) is 0. The summed E-state index contributed by atoms with van der Waals surface area (Å²) < 4.78 is 64.7. The van der Waals surface area contributed by atoms with Gasteiger partial charge in [0.15, 0.2) is 18.5 Å². The second-order valence-corrected chi connectivity index (χ2v) is 4.04. The normalized spacial score (nSPS) is 49.7. The third-order valence-corrected chi connectivity index (χ3v) is 2.72. The van der Waals surface area contributed by atoms with Crippen LogP contribution in [0.1, 0.15) is 13.8 Å². The first kappa shape index (κ1) is 11.7. The lowest BCUT2D eigenvalue weighted by Gasteiger charge is -2.38. The standard InChI is InChI=1S/C9H13F5/c1-3(2)4-5(10)7(12)9(14)8(13)6(4)11/h3-9H,1-2H3. The van der Waals surface area contributed by atoms with Gasteiger partial charge in [0.2, 0.25) is 0 Å². The molecule has 0 amide bonds. The zero-order chi connectivity index (χ0) is 11.0. The molecule has 0 radical (unpaired) electrons. The Morgan fingerprint density at radius 1 is 0.643 bits per heavy atom. The minimum absolute atomic E-state index is 0.552. The fourth-order valence-electron chi connectivity index (χ4n) is 1.86. The molecule has 0 bridgehead atoms. The summed E-state index contributed by atoms with van der Waals surface area (Å²) in [6, 6.07) is 0. The maximum atomic E-state index is 13.1. The molecule has 14 heavy (non-hydrogen) atoms. The van der Waals surface area contributed by atoms with Crippen LogP contribution in [0.2, 0.25) is 0 Å². The molecule has 0 nitrogen and oxygen atoms in total. The summed E-state index contributed by atoms with van der Waals surface area (Å²) in [5.41, 5.74) is 0. The number of alkyl halides is 5. The lowest BCUT2D eigenvalue weighted by Crippen LogP contribution is -2.54. The van der Waals surface area contributed by atoms with Crippen LogP contribution in [-0.4, -0.2) is 30.9 Å². The van der Waals surface area contributed by atoms with Gasteiger partial charge < -0.3 is 0 Å². The van der Waals surface area contributed by atoms with Crippen LogP contribution in [0.4, 0.5) is 22.0 Å². The van der Waals surface area contributed by atoms with Crippen LogP contribution in [0.15, 0.2) is 0 Å². The quantitative estimate of drug-likeness (QED) is 0.591. The smallest absolute Gasteiger partial charge is 0.168 e. The first-order chi connectivity index (χ1) is 6.37. The first-order valence-corrected chi connectivity index (χ1v) is 4.58. The van der Waals surface area contributed by atoms with Crippen LogP contribution in [0.5, 0.6) is 0 Å². The van der Waals surface area contributed by atoms with Crippen LogP contribution >= 0.6 is 0 Å². The van der Waals surface area contributed by atoms with Crippen molar-refractivity contribution in [1.29, 1.82) is 0 Å². The van der Waals surface area contributed by atoms with Gasteiger partial charge in [0.25, 0.3) is 0 Å². The molecule has 0 aromatic heterocycles. The van der Waals surface area contributed by atoms with Crippen LogP contribution in [-0.2, 0) is 0 Å². The maximum absolute atomic E-state index is 13.1. The van der Waals surface area contributed by atoms with Gasteiger partial charge in [0.1, 0.15) is 12.3 Å². The molecule has 84 valence electrons. The highest BCUT2D eigenvalue weighted by Gasteiger charge is 2.54. The Morgan fingerprint density at radius 3 is 1.21 bits per heavy atom. The van der Waals surface area contributed by atoms with Gasteiger partial charge in [-0.2, -0.15) is 0 Å². The van der Waals surface area contributed by atoms with Crippen molar-refractivity contribution >= 4 is 0 Å². The summed E-state index contributed by atoms with van der Waals surface area (Å²) in [6.07, 6.45) is -12.3. The molecule has 0 heterocycles. The lowest BCUT2D eigenvalue weighted by molar-refractivity contribution is -0.101. The van der Waals surface area contributed by atoms with Crippen molar-refractivity contribution in [2.24, 2.45) is 11.8 Å². The summed E-state index contributed by atoms with van der Waals surface area (Å²) in [5.74, 6) is -1.95. The minimum Gasteiger partial charge on any atom is -0.244 e. The van der Waals surface area contributed by atoms with Crippen molar-refractivity contribution < 1.29 is 22.0 Å². The molecular formula is C9H13F5. The van der Waals surface area contributed by atoms with Gasteiger partial charge >= 0.3 is 0 Å². The Balaban J connectivity index is 2.86. The average Bonchev–Trinajstić information content (AvgIpc) is 2.11. The molecule has 0 aromatic rings. The second-order valence-electron chi connectivity index (χ2n) is 4.04. The highest BCUT2D eigenvalue weighted by molar-refractivity contribution is 5.00. The Morgan fingerprint density at radius 2 is 0.929 bits per heavy atom. The van der Waals surface area contributed by atoms with Crippen LogP contribution in [0.3, 0.4) is 0 Å². The van der Waals surface area contributed by atoms with E-state index in [0.29, 0.717) is 0 Å². The molecule has 1 aliphatic carbocycles. The summed E-state index contributed by atoms with van der Waals surface area (Å²) >= 11 is 0. The summed E-state index contributed by atoms with van der Waals surface area (Å²) in [5, 5.41) is 0. The highest BCUT2D eigenvalue weighted by Crippen LogP contribution is 2.39. The molecule has 4 unspecified atom stereocenters. The zero-order valence-corrected chi connectivity index (χ0v) is 7.93. The summed E-state index contributed by atoms with van der Waals surface area (Å²) in [7, 11) is 0. The van der Waals surface area contributed by atoms with Gasteiger partial charge in [-0.05, 0) is 5.92 Å². The number of rotatable bonds is 1. The highest BCUT2D eigenvalue weighted by atomic mass is 19.2. The van der Waals surface area contributed by atoms with Gasteiger partial charge in [-0.3, -0.25) is 0 Å². The van der Waals surface area contributed by atoms with E-state index >= 15 is 0 Å². The van der Waals surface area contributed by atoms with Gasteiger partial charge in [0.05, 0.1) is 0 Å². The van der Waals surface area contributed by atoms with E-state index in [-0.39, 0.29) is 0 Å². The molecule has 1 rings (SSSR count). The van der Waals surface area contributed by atoms with E-state index in [0.717, 1.165) is 0 Å². The SMILES string of the molecule is CC(C)C1C(F)C(F)C(F)C(F)C1F. The van der Waals surface area contributed by atoms with Crippen molar-refractivity contribution in [2.75, 3.05) is 0 Å². The van der Waals surface area contributed by atoms with E-state index in [1.165, 1.54) is 13.8 Å². The molecule has 1 fully saturated rings. The molecule has 1 aliphatic rings. The van der Waals surface area contributed by atoms with E-state index in [4.69, 9.17) is 0 Å². The Bertz CT molecular complexity index is 180. The second kappa shape index (κ2) is 4.03. The minimum atomic E-state index is -2.69. The third-order valence-electron chi connectivity index (χ3n) is 2.72. The molecule has 0 aromatic carbocycles. The fraction of sp³-hybridized carbons (Fsp3) is 1.00. The molecule has 0 aliphatic heterocycles. The monoisotopic (exact) mass is 216 g/mol. The Hall–Kier alpha value is -0.350. The van der Waals surface area contributed by atoms with Gasteiger partial charge in [-0.15, -0.1) is 0 Å². The number of halogens is 5. The Labute approximate surface area is 79.5 Å².